The Morgan fingerprint density at radius 1 is 1.09 bits per heavy atom. The van der Waals surface area contributed by atoms with Gasteiger partial charge >= 0.3 is 0 Å². The highest BCUT2D eigenvalue weighted by molar-refractivity contribution is 5.92. The first kappa shape index (κ1) is 23.9. The topological polar surface area (TPSA) is 58.6 Å². The lowest BCUT2D eigenvalue weighted by atomic mass is 9.80. The van der Waals surface area contributed by atoms with E-state index in [2.05, 4.69) is 54.3 Å². The number of carbonyl (C=O) groups is 1. The maximum absolute atomic E-state index is 12.6. The van der Waals surface area contributed by atoms with Crippen LogP contribution >= 0.6 is 0 Å². The third-order valence-electron chi connectivity index (χ3n) is 6.58. The van der Waals surface area contributed by atoms with Crippen LogP contribution in [0.3, 0.4) is 0 Å². The number of nitrogens with zero attached hydrogens (tertiary/aromatic N) is 4. The zero-order valence-corrected chi connectivity index (χ0v) is 20.8. The fourth-order valence-corrected chi connectivity index (χ4v) is 4.79. The third-order valence-corrected chi connectivity index (χ3v) is 6.58. The van der Waals surface area contributed by atoms with Crippen molar-refractivity contribution in [2.45, 2.75) is 38.6 Å². The Morgan fingerprint density at radius 3 is 2.56 bits per heavy atom. The molecule has 1 aliphatic heterocycles. The highest BCUT2D eigenvalue weighted by Crippen LogP contribution is 2.34. The van der Waals surface area contributed by atoms with Crippen LogP contribution in [0.1, 0.15) is 47.3 Å². The Labute approximate surface area is 202 Å². The number of methoxy groups -OCH3 is 1. The number of amides is 1. The van der Waals surface area contributed by atoms with Crippen LogP contribution in [-0.2, 0) is 12.0 Å². The van der Waals surface area contributed by atoms with Crippen LogP contribution in [0, 0.1) is 6.92 Å². The molecule has 2 heterocycles. The van der Waals surface area contributed by atoms with Gasteiger partial charge in [-0.3, -0.25) is 9.69 Å². The van der Waals surface area contributed by atoms with E-state index in [9.17, 15) is 4.79 Å². The summed E-state index contributed by atoms with van der Waals surface area (Å²) in [6, 6.07) is 18.6. The van der Waals surface area contributed by atoms with E-state index >= 15 is 0 Å². The van der Waals surface area contributed by atoms with E-state index in [0.717, 1.165) is 49.7 Å². The van der Waals surface area contributed by atoms with Crippen molar-refractivity contribution in [3.05, 3.63) is 77.4 Å². The summed E-state index contributed by atoms with van der Waals surface area (Å²) in [5, 5.41) is 0. The predicted molar refractivity (Wildman–Crippen MR) is 135 cm³/mol. The van der Waals surface area contributed by atoms with Crippen LogP contribution in [0.4, 0.5) is 0 Å². The van der Waals surface area contributed by atoms with Gasteiger partial charge in [0.15, 0.2) is 0 Å². The molecule has 0 radical (unpaired) electrons. The molecule has 0 saturated carbocycles. The number of carbonyl (C=O) groups excluding carboxylic acids is 1. The molecule has 1 aromatic heterocycles. The molecule has 3 aromatic rings. The number of piperidine rings is 1. The molecule has 0 bridgehead atoms. The maximum Gasteiger partial charge on any atom is 0.272 e. The first-order chi connectivity index (χ1) is 16.3. The van der Waals surface area contributed by atoms with Gasteiger partial charge in [0.05, 0.1) is 7.11 Å². The minimum atomic E-state index is -0.226. The van der Waals surface area contributed by atoms with Gasteiger partial charge in [0.1, 0.15) is 17.3 Å². The summed E-state index contributed by atoms with van der Waals surface area (Å²) in [4.78, 5) is 26.1. The van der Waals surface area contributed by atoms with Crippen molar-refractivity contribution in [1.29, 1.82) is 0 Å². The lowest BCUT2D eigenvalue weighted by Gasteiger charge is -2.39. The monoisotopic (exact) mass is 458 g/mol. The van der Waals surface area contributed by atoms with Crippen LogP contribution in [0.15, 0.2) is 54.6 Å². The van der Waals surface area contributed by atoms with Crippen molar-refractivity contribution < 1.29 is 9.53 Å². The molecular weight excluding hydrogens is 424 g/mol. The fourth-order valence-electron chi connectivity index (χ4n) is 4.79. The minimum Gasteiger partial charge on any atom is -0.496 e. The first-order valence-electron chi connectivity index (χ1n) is 11.8. The Bertz CT molecular complexity index is 1160. The second-order valence-electron chi connectivity index (χ2n) is 9.69. The van der Waals surface area contributed by atoms with Gasteiger partial charge in [-0.05, 0) is 55.6 Å². The van der Waals surface area contributed by atoms with Crippen LogP contribution in [0.5, 0.6) is 5.75 Å². The van der Waals surface area contributed by atoms with Gasteiger partial charge in [0, 0.05) is 43.9 Å². The normalized spacial score (nSPS) is 18.5. The fraction of sp³-hybridized carbons (Fsp3) is 0.393. The van der Waals surface area contributed by atoms with Crippen LogP contribution in [-0.4, -0.2) is 60.0 Å². The molecule has 34 heavy (non-hydrogen) atoms. The van der Waals surface area contributed by atoms with Crippen LogP contribution < -0.4 is 4.74 Å². The number of ether oxygens (including phenoxy) is 1. The standard InChI is InChI=1S/C28H34N4O2/c1-20-16-24(26(33)31(3)4)30-27(29-20)28(2)14-9-15-32(19-28)18-23-17-22(12-13-25(23)34-5)21-10-7-6-8-11-21/h6-8,10-13,16-17H,9,14-15,18-19H2,1-5H3. The lowest BCUT2D eigenvalue weighted by molar-refractivity contribution is 0.0820. The van der Waals surface area contributed by atoms with Crippen LogP contribution in [0.25, 0.3) is 11.1 Å². The van der Waals surface area contributed by atoms with Gasteiger partial charge in [-0.25, -0.2) is 9.97 Å². The van der Waals surface area contributed by atoms with Gasteiger partial charge in [-0.1, -0.05) is 43.3 Å². The van der Waals surface area contributed by atoms with Gasteiger partial charge in [-0.15, -0.1) is 0 Å². The quantitative estimate of drug-likeness (QED) is 0.535. The number of likely N-dealkylation sites (tertiary alicyclic amines) is 1. The molecule has 0 N–H and O–H groups in total. The van der Waals surface area contributed by atoms with E-state index in [1.54, 1.807) is 32.2 Å². The summed E-state index contributed by atoms with van der Waals surface area (Å²) in [5.74, 6) is 1.57. The molecule has 2 aromatic carbocycles. The highest BCUT2D eigenvalue weighted by atomic mass is 16.5. The highest BCUT2D eigenvalue weighted by Gasteiger charge is 2.36. The molecule has 6 nitrogen and oxygen atoms in total. The van der Waals surface area contributed by atoms with Crippen molar-refractivity contribution in [2.75, 3.05) is 34.3 Å². The maximum atomic E-state index is 12.6. The largest absolute Gasteiger partial charge is 0.496 e. The molecule has 178 valence electrons. The second kappa shape index (κ2) is 9.94. The number of hydrogen-bond acceptors (Lipinski definition) is 5. The third kappa shape index (κ3) is 5.12. The predicted octanol–water partition coefficient (Wildman–Crippen LogP) is 4.72. The summed E-state index contributed by atoms with van der Waals surface area (Å²) in [6.45, 7) is 6.76. The molecule has 1 atom stereocenters. The Hall–Kier alpha value is -3.25. The zero-order chi connectivity index (χ0) is 24.3. The van der Waals surface area contributed by atoms with Crippen molar-refractivity contribution in [3.63, 3.8) is 0 Å². The van der Waals surface area contributed by atoms with E-state index < -0.39 is 0 Å². The Balaban J connectivity index is 1.60. The van der Waals surface area contributed by atoms with E-state index in [-0.39, 0.29) is 11.3 Å². The second-order valence-corrected chi connectivity index (χ2v) is 9.69. The molecule has 4 rings (SSSR count). The van der Waals surface area contributed by atoms with E-state index in [1.807, 2.05) is 13.0 Å². The van der Waals surface area contributed by atoms with Gasteiger partial charge in [0.2, 0.25) is 0 Å². The number of aryl methyl sites for hydroxylation is 1. The summed E-state index contributed by atoms with van der Waals surface area (Å²) in [6.07, 6.45) is 2.04. The van der Waals surface area contributed by atoms with Gasteiger partial charge in [0.25, 0.3) is 5.91 Å². The number of hydrogen-bond donors (Lipinski definition) is 0. The molecule has 0 spiro atoms. The number of aromatic nitrogens is 2. The molecule has 1 saturated heterocycles. The molecule has 1 aliphatic rings. The molecule has 0 aliphatic carbocycles. The lowest BCUT2D eigenvalue weighted by Crippen LogP contribution is -2.45. The molecule has 1 unspecified atom stereocenters. The molecule has 6 heteroatoms. The summed E-state index contributed by atoms with van der Waals surface area (Å²) in [5.41, 5.74) is 4.61. The first-order valence-corrected chi connectivity index (χ1v) is 11.8. The van der Waals surface area contributed by atoms with E-state index in [4.69, 9.17) is 14.7 Å². The summed E-state index contributed by atoms with van der Waals surface area (Å²) >= 11 is 0. The SMILES string of the molecule is COc1ccc(-c2ccccc2)cc1CN1CCCC(C)(c2nc(C)cc(C(=O)N(C)C)n2)C1. The van der Waals surface area contributed by atoms with Crippen molar-refractivity contribution in [2.24, 2.45) is 0 Å². The minimum absolute atomic E-state index is 0.0921. The molecular formula is C28H34N4O2. The Kier molecular flexibility index (Phi) is 6.98. The summed E-state index contributed by atoms with van der Waals surface area (Å²) in [7, 11) is 5.23. The van der Waals surface area contributed by atoms with Crippen molar-refractivity contribution in [1.82, 2.24) is 19.8 Å². The average Bonchev–Trinajstić information content (AvgIpc) is 2.83. The average molecular weight is 459 g/mol. The number of rotatable bonds is 6. The van der Waals surface area contributed by atoms with E-state index in [0.29, 0.717) is 5.69 Å². The van der Waals surface area contributed by atoms with Crippen molar-refractivity contribution in [3.8, 4) is 16.9 Å². The molecule has 1 amide bonds. The summed E-state index contributed by atoms with van der Waals surface area (Å²) < 4.78 is 5.70. The van der Waals surface area contributed by atoms with Crippen LogP contribution in [0.2, 0.25) is 0 Å². The van der Waals surface area contributed by atoms with Crippen molar-refractivity contribution >= 4 is 5.91 Å². The molecule has 1 fully saturated rings. The van der Waals surface area contributed by atoms with Gasteiger partial charge < -0.3 is 9.64 Å². The van der Waals surface area contributed by atoms with Gasteiger partial charge in [-0.2, -0.15) is 0 Å². The smallest absolute Gasteiger partial charge is 0.272 e. The Morgan fingerprint density at radius 2 is 1.85 bits per heavy atom. The number of benzene rings is 2. The van der Waals surface area contributed by atoms with E-state index in [1.165, 1.54) is 16.7 Å². The zero-order valence-electron chi connectivity index (χ0n) is 20.8.